The summed E-state index contributed by atoms with van der Waals surface area (Å²) in [5, 5.41) is 14.8. The number of benzene rings is 3. The molecule has 8 nitrogen and oxygen atoms in total. The Labute approximate surface area is 202 Å². The number of amides is 2. The number of nitrogens with zero attached hydrogens (tertiary/aromatic N) is 2. The molecule has 1 aromatic heterocycles. The van der Waals surface area contributed by atoms with Gasteiger partial charge in [-0.05, 0) is 29.7 Å². The Morgan fingerprint density at radius 1 is 1.11 bits per heavy atom. The molecule has 0 saturated carbocycles. The van der Waals surface area contributed by atoms with E-state index in [-0.39, 0.29) is 24.4 Å². The van der Waals surface area contributed by atoms with E-state index in [9.17, 15) is 14.7 Å². The second-order valence-electron chi connectivity index (χ2n) is 9.03. The van der Waals surface area contributed by atoms with E-state index in [2.05, 4.69) is 15.3 Å². The van der Waals surface area contributed by atoms with E-state index in [0.29, 0.717) is 34.3 Å². The van der Waals surface area contributed by atoms with Gasteiger partial charge in [-0.2, -0.15) is 4.98 Å². The molecule has 1 atom stereocenters. The predicted molar refractivity (Wildman–Crippen MR) is 131 cm³/mol. The number of aromatic amines is 1. The first-order valence-electron chi connectivity index (χ1n) is 11.5. The third kappa shape index (κ3) is 4.13. The lowest BCUT2D eigenvalue weighted by Crippen LogP contribution is -2.44. The molecule has 5 rings (SSSR count). The Morgan fingerprint density at radius 3 is 2.63 bits per heavy atom. The van der Waals surface area contributed by atoms with Crippen molar-refractivity contribution in [3.05, 3.63) is 95.1 Å². The monoisotopic (exact) mass is 470 g/mol. The van der Waals surface area contributed by atoms with Crippen molar-refractivity contribution >= 4 is 23.0 Å². The van der Waals surface area contributed by atoms with Crippen molar-refractivity contribution in [2.75, 3.05) is 6.54 Å². The Morgan fingerprint density at radius 2 is 1.86 bits per heavy atom. The third-order valence-corrected chi connectivity index (χ3v) is 6.06. The number of rotatable bonds is 6. The van der Waals surface area contributed by atoms with Gasteiger partial charge in [0.05, 0.1) is 11.0 Å². The van der Waals surface area contributed by atoms with Crippen LogP contribution in [0.25, 0.3) is 11.0 Å². The average molecular weight is 471 g/mol. The number of ether oxygens (including phenoxy) is 1. The molecule has 178 valence electrons. The Kier molecular flexibility index (Phi) is 5.74. The number of fused-ring (bicyclic) bond motifs is 2. The highest BCUT2D eigenvalue weighted by molar-refractivity contribution is 6.00. The van der Waals surface area contributed by atoms with Crippen LogP contribution in [0.2, 0.25) is 0 Å². The van der Waals surface area contributed by atoms with Crippen LogP contribution in [0.4, 0.5) is 4.79 Å². The van der Waals surface area contributed by atoms with Gasteiger partial charge in [0.2, 0.25) is 0 Å². The SMILES string of the molecule is CC(C)CNC(=O)Oc1nc2ccc(C3(O)c4ccccc4C(=O)N3Cc3ccccc3)cc2[nH]1. The van der Waals surface area contributed by atoms with Crippen LogP contribution in [0.1, 0.15) is 40.9 Å². The summed E-state index contributed by atoms with van der Waals surface area (Å²) in [5.41, 5.74) is 1.83. The molecule has 1 unspecified atom stereocenters. The maximum Gasteiger partial charge on any atom is 0.415 e. The minimum absolute atomic E-state index is 0.0504. The predicted octanol–water partition coefficient (Wildman–Crippen LogP) is 4.16. The van der Waals surface area contributed by atoms with Crippen LogP contribution in [-0.4, -0.2) is 38.5 Å². The summed E-state index contributed by atoms with van der Waals surface area (Å²) in [6.07, 6.45) is -0.596. The standard InChI is InChI=1S/C27H26N4O4/c1-17(2)15-28-26(33)35-25-29-22-13-12-19(14-23(22)30-25)27(34)21-11-7-6-10-20(21)24(32)31(27)16-18-8-4-3-5-9-18/h3-14,17,34H,15-16H2,1-2H3,(H,28,33)(H,29,30). The molecular weight excluding hydrogens is 444 g/mol. The number of aromatic nitrogens is 2. The molecular formula is C27H26N4O4. The van der Waals surface area contributed by atoms with Crippen molar-refractivity contribution in [2.24, 2.45) is 5.92 Å². The zero-order chi connectivity index (χ0) is 24.6. The van der Waals surface area contributed by atoms with E-state index < -0.39 is 11.8 Å². The number of hydrogen-bond acceptors (Lipinski definition) is 5. The number of H-pyrrole nitrogens is 1. The molecule has 0 saturated heterocycles. The molecule has 1 aliphatic rings. The van der Waals surface area contributed by atoms with Gasteiger partial charge in [-0.15, -0.1) is 0 Å². The molecule has 0 radical (unpaired) electrons. The van der Waals surface area contributed by atoms with Crippen LogP contribution in [0.5, 0.6) is 6.01 Å². The van der Waals surface area contributed by atoms with E-state index in [0.717, 1.165) is 5.56 Å². The lowest BCUT2D eigenvalue weighted by Gasteiger charge is -2.35. The van der Waals surface area contributed by atoms with Crippen molar-refractivity contribution in [1.82, 2.24) is 20.2 Å². The van der Waals surface area contributed by atoms with Gasteiger partial charge < -0.3 is 20.1 Å². The summed E-state index contributed by atoms with van der Waals surface area (Å²) in [5.74, 6) is 0.0415. The number of hydrogen-bond donors (Lipinski definition) is 3. The van der Waals surface area contributed by atoms with Gasteiger partial charge in [0, 0.05) is 29.8 Å². The number of nitrogens with one attached hydrogen (secondary N) is 2. The molecule has 0 fully saturated rings. The summed E-state index contributed by atoms with van der Waals surface area (Å²) in [6.45, 7) is 4.69. The zero-order valence-electron chi connectivity index (χ0n) is 19.5. The van der Waals surface area contributed by atoms with Crippen molar-refractivity contribution in [3.8, 4) is 6.01 Å². The summed E-state index contributed by atoms with van der Waals surface area (Å²) in [4.78, 5) is 34.2. The molecule has 8 heteroatoms. The minimum atomic E-state index is -1.68. The molecule has 3 aromatic carbocycles. The fraction of sp³-hybridized carbons (Fsp3) is 0.222. The van der Waals surface area contributed by atoms with Crippen LogP contribution in [0.3, 0.4) is 0 Å². The zero-order valence-corrected chi connectivity index (χ0v) is 19.5. The minimum Gasteiger partial charge on any atom is -0.375 e. The van der Waals surface area contributed by atoms with Crippen LogP contribution < -0.4 is 10.1 Å². The molecule has 1 aliphatic heterocycles. The maximum absolute atomic E-state index is 13.4. The molecule has 0 bridgehead atoms. The highest BCUT2D eigenvalue weighted by Gasteiger charge is 2.49. The van der Waals surface area contributed by atoms with Crippen molar-refractivity contribution < 1.29 is 19.4 Å². The number of carbonyl (C=O) groups is 2. The lowest BCUT2D eigenvalue weighted by molar-refractivity contribution is -0.0542. The maximum atomic E-state index is 13.4. The number of carbonyl (C=O) groups excluding carboxylic acids is 2. The summed E-state index contributed by atoms with van der Waals surface area (Å²) >= 11 is 0. The summed E-state index contributed by atoms with van der Waals surface area (Å²) < 4.78 is 5.27. The Hall–Kier alpha value is -4.17. The van der Waals surface area contributed by atoms with Gasteiger partial charge in [-0.25, -0.2) is 4.79 Å². The van der Waals surface area contributed by atoms with Gasteiger partial charge in [0.1, 0.15) is 0 Å². The van der Waals surface area contributed by atoms with Gasteiger partial charge in [0.15, 0.2) is 5.72 Å². The smallest absolute Gasteiger partial charge is 0.375 e. The fourth-order valence-corrected chi connectivity index (χ4v) is 4.34. The Balaban J connectivity index is 1.51. The van der Waals surface area contributed by atoms with E-state index in [1.54, 1.807) is 42.5 Å². The van der Waals surface area contributed by atoms with Crippen molar-refractivity contribution in [3.63, 3.8) is 0 Å². The average Bonchev–Trinajstić information content (AvgIpc) is 3.35. The molecule has 0 spiro atoms. The normalized spacial score (nSPS) is 17.1. The van der Waals surface area contributed by atoms with E-state index in [1.165, 1.54) is 4.90 Å². The second-order valence-corrected chi connectivity index (χ2v) is 9.03. The molecule has 3 N–H and O–H groups in total. The lowest BCUT2D eigenvalue weighted by atomic mass is 9.93. The number of imidazole rings is 1. The molecule has 35 heavy (non-hydrogen) atoms. The third-order valence-electron chi connectivity index (χ3n) is 6.06. The van der Waals surface area contributed by atoms with Crippen molar-refractivity contribution in [1.29, 1.82) is 0 Å². The topological polar surface area (TPSA) is 108 Å². The van der Waals surface area contributed by atoms with E-state index in [1.807, 2.05) is 44.2 Å². The second kappa shape index (κ2) is 8.88. The molecule has 2 heterocycles. The summed E-state index contributed by atoms with van der Waals surface area (Å²) in [7, 11) is 0. The van der Waals surface area contributed by atoms with Gasteiger partial charge in [0.25, 0.3) is 5.91 Å². The largest absolute Gasteiger partial charge is 0.415 e. The van der Waals surface area contributed by atoms with Gasteiger partial charge >= 0.3 is 12.1 Å². The molecule has 4 aromatic rings. The Bertz CT molecular complexity index is 1400. The first-order chi connectivity index (χ1) is 16.9. The highest BCUT2D eigenvalue weighted by atomic mass is 16.6. The van der Waals surface area contributed by atoms with Crippen LogP contribution in [0, 0.1) is 5.92 Å². The quantitative estimate of drug-likeness (QED) is 0.392. The fourth-order valence-electron chi connectivity index (χ4n) is 4.34. The van der Waals surface area contributed by atoms with Gasteiger partial charge in [-0.3, -0.25) is 9.69 Å². The molecule has 2 amide bonds. The summed E-state index contributed by atoms with van der Waals surface area (Å²) in [6, 6.07) is 21.9. The van der Waals surface area contributed by atoms with Crippen molar-refractivity contribution in [2.45, 2.75) is 26.1 Å². The van der Waals surface area contributed by atoms with Crippen LogP contribution in [-0.2, 0) is 12.3 Å². The van der Waals surface area contributed by atoms with Crippen LogP contribution >= 0.6 is 0 Å². The van der Waals surface area contributed by atoms with E-state index >= 15 is 0 Å². The van der Waals surface area contributed by atoms with E-state index in [4.69, 9.17) is 4.74 Å². The van der Waals surface area contributed by atoms with Crippen LogP contribution in [0.15, 0.2) is 72.8 Å². The first-order valence-corrected chi connectivity index (χ1v) is 11.5. The number of aliphatic hydroxyl groups is 1. The highest BCUT2D eigenvalue weighted by Crippen LogP contribution is 2.43. The first kappa shape index (κ1) is 22.6. The van der Waals surface area contributed by atoms with Gasteiger partial charge in [-0.1, -0.05) is 68.4 Å². The molecule has 0 aliphatic carbocycles.